The number of ether oxygens (including phenoxy) is 2. The molecule has 20 heavy (non-hydrogen) atoms. The van der Waals surface area contributed by atoms with Gasteiger partial charge in [-0.2, -0.15) is 0 Å². The molecule has 1 atom stereocenters. The molecule has 0 saturated carbocycles. The molecule has 1 rings (SSSR count). The Morgan fingerprint density at radius 1 is 1.30 bits per heavy atom. The summed E-state index contributed by atoms with van der Waals surface area (Å²) in [6.07, 6.45) is 0. The molecule has 3 amide bonds. The van der Waals surface area contributed by atoms with Gasteiger partial charge in [0.1, 0.15) is 17.5 Å². The predicted octanol–water partition coefficient (Wildman–Crippen LogP) is 0.377. The topological polar surface area (TPSA) is 103 Å². The fourth-order valence-corrected chi connectivity index (χ4v) is 1.63. The molecule has 1 aromatic rings. The Kier molecular flexibility index (Phi) is 5.64. The van der Waals surface area contributed by atoms with Crippen molar-refractivity contribution in [1.82, 2.24) is 10.6 Å². The molecule has 0 aromatic heterocycles. The van der Waals surface area contributed by atoms with E-state index in [1.165, 1.54) is 0 Å². The van der Waals surface area contributed by atoms with Gasteiger partial charge in [-0.1, -0.05) is 0 Å². The molecule has 7 heteroatoms. The second kappa shape index (κ2) is 7.22. The zero-order valence-electron chi connectivity index (χ0n) is 11.7. The molecule has 7 nitrogen and oxygen atoms in total. The van der Waals surface area contributed by atoms with Crippen LogP contribution in [0.1, 0.15) is 12.5 Å². The van der Waals surface area contributed by atoms with Gasteiger partial charge in [0.15, 0.2) is 0 Å². The van der Waals surface area contributed by atoms with Crippen LogP contribution in [0.15, 0.2) is 18.2 Å². The summed E-state index contributed by atoms with van der Waals surface area (Å²) in [6.45, 7) is 1.80. The van der Waals surface area contributed by atoms with Gasteiger partial charge in [-0.25, -0.2) is 4.79 Å². The summed E-state index contributed by atoms with van der Waals surface area (Å²) >= 11 is 0. The monoisotopic (exact) mass is 281 g/mol. The van der Waals surface area contributed by atoms with Crippen molar-refractivity contribution in [2.45, 2.75) is 19.5 Å². The van der Waals surface area contributed by atoms with Crippen LogP contribution >= 0.6 is 0 Å². The number of hydrogen-bond acceptors (Lipinski definition) is 4. The molecular weight excluding hydrogens is 262 g/mol. The van der Waals surface area contributed by atoms with Crippen molar-refractivity contribution < 1.29 is 19.1 Å². The van der Waals surface area contributed by atoms with Gasteiger partial charge in [0.2, 0.25) is 5.91 Å². The van der Waals surface area contributed by atoms with Crippen molar-refractivity contribution in [2.75, 3.05) is 14.2 Å². The smallest absolute Gasteiger partial charge is 0.312 e. The van der Waals surface area contributed by atoms with Gasteiger partial charge in [-0.3, -0.25) is 4.79 Å². The largest absolute Gasteiger partial charge is 0.497 e. The van der Waals surface area contributed by atoms with Crippen molar-refractivity contribution in [2.24, 2.45) is 5.73 Å². The van der Waals surface area contributed by atoms with Gasteiger partial charge in [0.25, 0.3) is 0 Å². The average Bonchev–Trinajstić information content (AvgIpc) is 2.43. The lowest BCUT2D eigenvalue weighted by atomic mass is 10.2. The first kappa shape index (κ1) is 15.6. The number of rotatable bonds is 6. The summed E-state index contributed by atoms with van der Waals surface area (Å²) in [5.74, 6) is 0.966. The van der Waals surface area contributed by atoms with Crippen LogP contribution < -0.4 is 25.8 Å². The van der Waals surface area contributed by atoms with E-state index in [0.29, 0.717) is 11.5 Å². The Balaban J connectivity index is 2.68. The Hall–Kier alpha value is -2.44. The zero-order valence-corrected chi connectivity index (χ0v) is 11.7. The van der Waals surface area contributed by atoms with Crippen LogP contribution in [0.3, 0.4) is 0 Å². The lowest BCUT2D eigenvalue weighted by Gasteiger charge is -2.14. The number of nitrogens with one attached hydrogen (secondary N) is 2. The van der Waals surface area contributed by atoms with Crippen LogP contribution in [0.2, 0.25) is 0 Å². The fourth-order valence-electron chi connectivity index (χ4n) is 1.63. The number of urea groups is 1. The van der Waals surface area contributed by atoms with Crippen LogP contribution in [0, 0.1) is 0 Å². The molecule has 1 aromatic carbocycles. The second-order valence-corrected chi connectivity index (χ2v) is 4.13. The molecule has 0 bridgehead atoms. The summed E-state index contributed by atoms with van der Waals surface area (Å²) in [4.78, 5) is 22.4. The normalized spacial score (nSPS) is 11.3. The molecule has 4 N–H and O–H groups in total. The van der Waals surface area contributed by atoms with Crippen molar-refractivity contribution in [3.8, 4) is 11.5 Å². The quantitative estimate of drug-likeness (QED) is 0.701. The average molecular weight is 281 g/mol. The van der Waals surface area contributed by atoms with Crippen LogP contribution in [0.5, 0.6) is 11.5 Å². The van der Waals surface area contributed by atoms with Gasteiger partial charge in [0.05, 0.1) is 14.2 Å². The lowest BCUT2D eigenvalue weighted by molar-refractivity contribution is -0.122. The maximum atomic E-state index is 11.8. The van der Waals surface area contributed by atoms with Gasteiger partial charge >= 0.3 is 6.03 Å². The summed E-state index contributed by atoms with van der Waals surface area (Å²) < 4.78 is 10.3. The van der Waals surface area contributed by atoms with E-state index >= 15 is 0 Å². The van der Waals surface area contributed by atoms with E-state index in [2.05, 4.69) is 10.6 Å². The van der Waals surface area contributed by atoms with Crippen LogP contribution in [0.25, 0.3) is 0 Å². The zero-order chi connectivity index (χ0) is 15.1. The van der Waals surface area contributed by atoms with E-state index in [1.807, 2.05) is 0 Å². The van der Waals surface area contributed by atoms with Gasteiger partial charge in [-0.15, -0.1) is 0 Å². The van der Waals surface area contributed by atoms with E-state index in [-0.39, 0.29) is 12.5 Å². The molecule has 0 saturated heterocycles. The fraction of sp³-hybridized carbons (Fsp3) is 0.385. The number of methoxy groups -OCH3 is 2. The molecule has 0 unspecified atom stereocenters. The molecule has 0 heterocycles. The summed E-state index contributed by atoms with van der Waals surface area (Å²) in [6, 6.07) is 3.84. The number of benzene rings is 1. The molecule has 0 radical (unpaired) electrons. The highest BCUT2D eigenvalue weighted by molar-refractivity contribution is 5.86. The van der Waals surface area contributed by atoms with Crippen LogP contribution in [0.4, 0.5) is 4.79 Å². The maximum absolute atomic E-state index is 11.8. The number of carbonyl (C=O) groups is 2. The van der Waals surface area contributed by atoms with Gasteiger partial charge < -0.3 is 25.8 Å². The first-order valence-corrected chi connectivity index (χ1v) is 6.02. The van der Waals surface area contributed by atoms with E-state index in [9.17, 15) is 9.59 Å². The van der Waals surface area contributed by atoms with Crippen molar-refractivity contribution in [1.29, 1.82) is 0 Å². The first-order chi connectivity index (χ1) is 9.47. The molecule has 0 aliphatic rings. The predicted molar refractivity (Wildman–Crippen MR) is 73.6 cm³/mol. The third-order valence-corrected chi connectivity index (χ3v) is 2.69. The Labute approximate surface area is 117 Å². The highest BCUT2D eigenvalue weighted by atomic mass is 16.5. The Morgan fingerprint density at radius 2 is 2.00 bits per heavy atom. The molecule has 0 spiro atoms. The third-order valence-electron chi connectivity index (χ3n) is 2.69. The number of hydrogen-bond donors (Lipinski definition) is 3. The summed E-state index contributed by atoms with van der Waals surface area (Å²) in [5.41, 5.74) is 5.73. The van der Waals surface area contributed by atoms with Crippen LogP contribution in [-0.4, -0.2) is 32.2 Å². The minimum atomic E-state index is -0.744. The number of amides is 3. The van der Waals surface area contributed by atoms with E-state index in [1.54, 1.807) is 39.3 Å². The van der Waals surface area contributed by atoms with Gasteiger partial charge in [-0.05, 0) is 25.1 Å². The van der Waals surface area contributed by atoms with Gasteiger partial charge in [0, 0.05) is 12.1 Å². The summed E-state index contributed by atoms with van der Waals surface area (Å²) in [7, 11) is 3.10. The SMILES string of the molecule is COc1ccc(OC)c(CNC(=O)[C@H](C)NC(N)=O)c1. The first-order valence-electron chi connectivity index (χ1n) is 6.02. The Morgan fingerprint density at radius 3 is 2.55 bits per heavy atom. The maximum Gasteiger partial charge on any atom is 0.312 e. The minimum absolute atomic E-state index is 0.254. The number of primary amides is 1. The van der Waals surface area contributed by atoms with E-state index in [0.717, 1.165) is 5.56 Å². The molecule has 0 aliphatic carbocycles. The standard InChI is InChI=1S/C13H19N3O4/c1-8(16-13(14)18)12(17)15-7-9-6-10(19-2)4-5-11(9)20-3/h4-6,8H,7H2,1-3H3,(H,15,17)(H3,14,16,18)/t8-/m0/s1. The molecule has 0 aliphatic heterocycles. The number of carbonyl (C=O) groups excluding carboxylic acids is 2. The van der Waals surface area contributed by atoms with Crippen molar-refractivity contribution >= 4 is 11.9 Å². The third kappa shape index (κ3) is 4.34. The van der Waals surface area contributed by atoms with E-state index in [4.69, 9.17) is 15.2 Å². The second-order valence-electron chi connectivity index (χ2n) is 4.13. The molecule has 0 fully saturated rings. The lowest BCUT2D eigenvalue weighted by Crippen LogP contribution is -2.46. The van der Waals surface area contributed by atoms with Crippen molar-refractivity contribution in [3.63, 3.8) is 0 Å². The highest BCUT2D eigenvalue weighted by Gasteiger charge is 2.14. The van der Waals surface area contributed by atoms with Crippen molar-refractivity contribution in [3.05, 3.63) is 23.8 Å². The summed E-state index contributed by atoms with van der Waals surface area (Å²) in [5, 5.41) is 4.99. The minimum Gasteiger partial charge on any atom is -0.497 e. The Bertz CT molecular complexity index is 491. The highest BCUT2D eigenvalue weighted by Crippen LogP contribution is 2.23. The molecular formula is C13H19N3O4. The number of nitrogens with two attached hydrogens (primary N) is 1. The molecule has 110 valence electrons. The van der Waals surface area contributed by atoms with E-state index < -0.39 is 12.1 Å². The van der Waals surface area contributed by atoms with Crippen LogP contribution in [-0.2, 0) is 11.3 Å².